The van der Waals surface area contributed by atoms with Crippen molar-refractivity contribution in [2.24, 2.45) is 5.18 Å². The Morgan fingerprint density at radius 2 is 2.16 bits per heavy atom. The molecule has 132 valence electrons. The summed E-state index contributed by atoms with van der Waals surface area (Å²) in [5.74, 6) is -0.0809. The molecule has 0 unspecified atom stereocenters. The zero-order valence-electron chi connectivity index (χ0n) is 15.0. The normalized spacial score (nSPS) is 19.2. The molecular formula is C20H25N3O2. The average Bonchev–Trinajstić information content (AvgIpc) is 2.82. The number of nitroso groups, excluding NO2 is 1. The molecular weight excluding hydrogens is 314 g/mol. The highest BCUT2D eigenvalue weighted by Gasteiger charge is 2.26. The summed E-state index contributed by atoms with van der Waals surface area (Å²) >= 11 is 0. The van der Waals surface area contributed by atoms with Crippen LogP contribution >= 0.6 is 0 Å². The minimum absolute atomic E-state index is 0.0809. The Morgan fingerprint density at radius 3 is 2.88 bits per heavy atom. The molecule has 0 atom stereocenters. The average molecular weight is 339 g/mol. The third-order valence-corrected chi connectivity index (χ3v) is 4.91. The monoisotopic (exact) mass is 339 g/mol. The number of aromatic nitrogens is 1. The highest BCUT2D eigenvalue weighted by Crippen LogP contribution is 2.24. The molecule has 5 heteroatoms. The molecule has 2 heterocycles. The molecule has 0 radical (unpaired) electrons. The summed E-state index contributed by atoms with van der Waals surface area (Å²) in [6.45, 7) is 5.43. The zero-order valence-corrected chi connectivity index (χ0v) is 15.0. The number of carbonyl (C=O) groups is 1. The molecule has 5 nitrogen and oxygen atoms in total. The molecule has 1 amide bonds. The molecule has 1 N–H and O–H groups in total. The van der Waals surface area contributed by atoms with Crippen LogP contribution in [0.5, 0.6) is 0 Å². The van der Waals surface area contributed by atoms with Crippen LogP contribution in [0, 0.1) is 4.91 Å². The zero-order chi connectivity index (χ0) is 17.8. The Labute approximate surface area is 147 Å². The molecule has 1 aliphatic heterocycles. The van der Waals surface area contributed by atoms with Gasteiger partial charge in [0.05, 0.1) is 5.57 Å². The van der Waals surface area contributed by atoms with Crippen molar-refractivity contribution in [2.75, 3.05) is 6.54 Å². The van der Waals surface area contributed by atoms with Crippen molar-refractivity contribution in [3.05, 3.63) is 50.2 Å². The maximum Gasteiger partial charge on any atom is 0.256 e. The van der Waals surface area contributed by atoms with Gasteiger partial charge in [0.15, 0.2) is 0 Å². The second-order valence-corrected chi connectivity index (χ2v) is 6.52. The van der Waals surface area contributed by atoms with E-state index < -0.39 is 0 Å². The van der Waals surface area contributed by atoms with Gasteiger partial charge >= 0.3 is 0 Å². The van der Waals surface area contributed by atoms with Gasteiger partial charge in [0.2, 0.25) is 0 Å². The smallest absolute Gasteiger partial charge is 0.256 e. The van der Waals surface area contributed by atoms with Crippen LogP contribution < -0.4 is 10.6 Å². The van der Waals surface area contributed by atoms with Crippen molar-refractivity contribution in [1.29, 1.82) is 0 Å². The van der Waals surface area contributed by atoms with Crippen molar-refractivity contribution in [3.8, 4) is 0 Å². The fourth-order valence-corrected chi connectivity index (χ4v) is 3.73. The summed E-state index contributed by atoms with van der Waals surface area (Å²) in [4.78, 5) is 29.5. The Hall–Kier alpha value is -2.43. The Bertz CT molecular complexity index is 858. The molecule has 0 spiro atoms. The topological polar surface area (TPSA) is 65.5 Å². The number of fused-ring (bicyclic) bond motifs is 1. The van der Waals surface area contributed by atoms with Crippen LogP contribution in [0.25, 0.3) is 12.2 Å². The first kappa shape index (κ1) is 17.4. The van der Waals surface area contributed by atoms with Gasteiger partial charge in [-0.1, -0.05) is 31.2 Å². The molecule has 1 aliphatic carbocycles. The summed E-state index contributed by atoms with van der Waals surface area (Å²) in [7, 11) is 0. The van der Waals surface area contributed by atoms with Crippen LogP contribution in [0.3, 0.4) is 0 Å². The summed E-state index contributed by atoms with van der Waals surface area (Å²) in [6, 6.07) is 0. The standard InChI is InChI=1S/C20H25N3O2/c1-3-8-17-14(4-2)16-13-23(12-7-11-18(16)21-17)20(24)15-9-5-6-10-19(15)22-25/h4,8-10,21H,3,5-7,11-13H2,1-2H3/b14-4-,17-8+. The van der Waals surface area contributed by atoms with E-state index in [9.17, 15) is 9.70 Å². The van der Waals surface area contributed by atoms with E-state index in [1.165, 1.54) is 16.5 Å². The lowest BCUT2D eigenvalue weighted by Gasteiger charge is -2.23. The van der Waals surface area contributed by atoms with Gasteiger partial charge in [0, 0.05) is 29.4 Å². The Kier molecular flexibility index (Phi) is 5.31. The van der Waals surface area contributed by atoms with Gasteiger partial charge in [0.1, 0.15) is 5.70 Å². The van der Waals surface area contributed by atoms with Gasteiger partial charge in [-0.3, -0.25) is 4.79 Å². The summed E-state index contributed by atoms with van der Waals surface area (Å²) in [5, 5.41) is 5.40. The minimum Gasteiger partial charge on any atom is -0.358 e. The van der Waals surface area contributed by atoms with E-state index in [-0.39, 0.29) is 11.6 Å². The molecule has 0 fully saturated rings. The maximum absolute atomic E-state index is 13.0. The quantitative estimate of drug-likeness (QED) is 0.861. The SMILES string of the molecule is C/C=c1/c2c([nH]/c1=C/CC)CCCN(C(=O)C1=CCCC=C1N=O)C2. The molecule has 2 aliphatic rings. The fraction of sp³-hybridized carbons (Fsp3) is 0.450. The van der Waals surface area contributed by atoms with Crippen LogP contribution in [-0.4, -0.2) is 22.3 Å². The van der Waals surface area contributed by atoms with E-state index in [0.717, 1.165) is 37.5 Å². The highest BCUT2D eigenvalue weighted by molar-refractivity contribution is 5.98. The van der Waals surface area contributed by atoms with Gasteiger partial charge in [-0.2, -0.15) is 0 Å². The van der Waals surface area contributed by atoms with E-state index in [4.69, 9.17) is 0 Å². The first-order valence-corrected chi connectivity index (χ1v) is 9.09. The lowest BCUT2D eigenvalue weighted by Crippen LogP contribution is -2.35. The molecule has 3 rings (SSSR count). The van der Waals surface area contributed by atoms with Crippen molar-refractivity contribution in [1.82, 2.24) is 9.88 Å². The first-order chi connectivity index (χ1) is 12.2. The molecule has 0 aromatic carbocycles. The van der Waals surface area contributed by atoms with E-state index in [0.29, 0.717) is 18.7 Å². The highest BCUT2D eigenvalue weighted by atomic mass is 16.3. The number of aryl methyl sites for hydroxylation is 1. The van der Waals surface area contributed by atoms with Gasteiger partial charge < -0.3 is 9.88 Å². The second kappa shape index (κ2) is 7.64. The van der Waals surface area contributed by atoms with Crippen LogP contribution in [0.1, 0.15) is 50.8 Å². The fourth-order valence-electron chi connectivity index (χ4n) is 3.73. The molecule has 0 bridgehead atoms. The number of carbonyl (C=O) groups excluding carboxylic acids is 1. The minimum atomic E-state index is -0.0809. The van der Waals surface area contributed by atoms with E-state index in [1.807, 2.05) is 17.9 Å². The Morgan fingerprint density at radius 1 is 1.36 bits per heavy atom. The van der Waals surface area contributed by atoms with Crippen LogP contribution in [0.4, 0.5) is 0 Å². The number of rotatable bonds is 3. The van der Waals surface area contributed by atoms with Crippen molar-refractivity contribution in [3.63, 3.8) is 0 Å². The van der Waals surface area contributed by atoms with Crippen molar-refractivity contribution < 1.29 is 4.79 Å². The van der Waals surface area contributed by atoms with Gasteiger partial charge in [-0.15, -0.1) is 4.91 Å². The largest absolute Gasteiger partial charge is 0.358 e. The Balaban J connectivity index is 1.95. The number of nitrogens with one attached hydrogen (secondary N) is 1. The second-order valence-electron chi connectivity index (χ2n) is 6.52. The predicted octanol–water partition coefficient (Wildman–Crippen LogP) is 2.65. The molecule has 0 saturated heterocycles. The third-order valence-electron chi connectivity index (χ3n) is 4.91. The van der Waals surface area contributed by atoms with Crippen molar-refractivity contribution >= 4 is 18.1 Å². The number of aromatic amines is 1. The van der Waals surface area contributed by atoms with E-state index in [1.54, 1.807) is 6.08 Å². The number of hydrogen-bond donors (Lipinski definition) is 1. The summed E-state index contributed by atoms with van der Waals surface area (Å²) in [6.07, 6.45) is 12.3. The van der Waals surface area contributed by atoms with Gasteiger partial charge in [0.25, 0.3) is 5.91 Å². The van der Waals surface area contributed by atoms with Crippen LogP contribution in [-0.2, 0) is 17.8 Å². The number of amides is 1. The van der Waals surface area contributed by atoms with Gasteiger partial charge in [-0.05, 0) is 49.8 Å². The van der Waals surface area contributed by atoms with Gasteiger partial charge in [-0.25, -0.2) is 0 Å². The number of allylic oxidation sites excluding steroid dienone is 2. The maximum atomic E-state index is 13.0. The third kappa shape index (κ3) is 3.36. The van der Waals surface area contributed by atoms with E-state index in [2.05, 4.69) is 29.2 Å². The molecule has 1 aromatic rings. The lowest BCUT2D eigenvalue weighted by atomic mass is 10.0. The molecule has 25 heavy (non-hydrogen) atoms. The van der Waals surface area contributed by atoms with Crippen molar-refractivity contribution in [2.45, 2.75) is 52.5 Å². The van der Waals surface area contributed by atoms with Crippen LogP contribution in [0.2, 0.25) is 0 Å². The number of H-pyrrole nitrogens is 1. The number of nitrogens with zero attached hydrogens (tertiary/aromatic N) is 2. The predicted molar refractivity (Wildman–Crippen MR) is 99.9 cm³/mol. The summed E-state index contributed by atoms with van der Waals surface area (Å²) < 4.78 is 0. The molecule has 0 saturated carbocycles. The summed E-state index contributed by atoms with van der Waals surface area (Å²) in [5.41, 5.74) is 3.18. The molecule has 1 aromatic heterocycles. The van der Waals surface area contributed by atoms with Crippen LogP contribution in [0.15, 0.2) is 28.6 Å². The van der Waals surface area contributed by atoms with E-state index >= 15 is 0 Å². The number of hydrogen-bond acceptors (Lipinski definition) is 3. The lowest BCUT2D eigenvalue weighted by molar-refractivity contribution is -0.127. The first-order valence-electron chi connectivity index (χ1n) is 9.09.